The number of aromatic hydroxyl groups is 2. The van der Waals surface area contributed by atoms with Crippen molar-refractivity contribution < 1.29 is 19.7 Å². The van der Waals surface area contributed by atoms with Crippen LogP contribution in [0, 0.1) is 6.92 Å². The van der Waals surface area contributed by atoms with E-state index in [1.54, 1.807) is 12.1 Å². The third kappa shape index (κ3) is 2.38. The summed E-state index contributed by atoms with van der Waals surface area (Å²) in [6.07, 6.45) is 0. The van der Waals surface area contributed by atoms with Crippen LogP contribution in [0.5, 0.6) is 17.2 Å². The van der Waals surface area contributed by atoms with Crippen LogP contribution in [0.4, 0.5) is 0 Å². The highest BCUT2D eigenvalue weighted by atomic mass is 16.5. The van der Waals surface area contributed by atoms with Gasteiger partial charge in [-0.05, 0) is 12.5 Å². The summed E-state index contributed by atoms with van der Waals surface area (Å²) in [5.41, 5.74) is 1.35. The summed E-state index contributed by atoms with van der Waals surface area (Å²) < 4.78 is 5.05. The zero-order valence-electron chi connectivity index (χ0n) is 10.7. The summed E-state index contributed by atoms with van der Waals surface area (Å²) in [4.78, 5) is 12.5. The molecule has 0 saturated heterocycles. The Bertz CT molecular complexity index is 632. The minimum Gasteiger partial charge on any atom is -0.508 e. The number of ether oxygens (including phenoxy) is 1. The molecular formula is C15H14O4. The van der Waals surface area contributed by atoms with Crippen LogP contribution < -0.4 is 4.74 Å². The first-order chi connectivity index (χ1) is 9.04. The number of ketones is 1. The van der Waals surface area contributed by atoms with Gasteiger partial charge in [0.1, 0.15) is 22.8 Å². The third-order valence-electron chi connectivity index (χ3n) is 2.90. The lowest BCUT2D eigenvalue weighted by Gasteiger charge is -2.11. The number of benzene rings is 2. The van der Waals surface area contributed by atoms with Crippen molar-refractivity contribution >= 4 is 5.78 Å². The molecule has 2 aromatic rings. The molecule has 4 nitrogen and oxygen atoms in total. The van der Waals surface area contributed by atoms with Crippen molar-refractivity contribution in [2.24, 2.45) is 0 Å². The highest BCUT2D eigenvalue weighted by molar-refractivity contribution is 6.13. The topological polar surface area (TPSA) is 66.8 Å². The van der Waals surface area contributed by atoms with Gasteiger partial charge in [0.15, 0.2) is 0 Å². The molecule has 0 radical (unpaired) electrons. The van der Waals surface area contributed by atoms with E-state index in [2.05, 4.69) is 0 Å². The normalized spacial score (nSPS) is 10.2. The lowest BCUT2D eigenvalue weighted by Crippen LogP contribution is -2.06. The van der Waals surface area contributed by atoms with E-state index in [0.717, 1.165) is 11.6 Å². The summed E-state index contributed by atoms with van der Waals surface area (Å²) in [6, 6.07) is 9.50. The average molecular weight is 258 g/mol. The second-order valence-corrected chi connectivity index (χ2v) is 4.19. The summed E-state index contributed by atoms with van der Waals surface area (Å²) >= 11 is 0. The van der Waals surface area contributed by atoms with Gasteiger partial charge in [-0.25, -0.2) is 0 Å². The Morgan fingerprint density at radius 3 is 2.47 bits per heavy atom. The summed E-state index contributed by atoms with van der Waals surface area (Å²) in [6.45, 7) is 1.82. The zero-order chi connectivity index (χ0) is 14.0. The van der Waals surface area contributed by atoms with Crippen LogP contribution in [-0.2, 0) is 0 Å². The lowest BCUT2D eigenvalue weighted by molar-refractivity contribution is 0.103. The van der Waals surface area contributed by atoms with Crippen LogP contribution in [0.2, 0.25) is 0 Å². The van der Waals surface area contributed by atoms with Crippen LogP contribution in [0.25, 0.3) is 0 Å². The lowest BCUT2D eigenvalue weighted by atomic mass is 9.97. The maximum atomic E-state index is 12.5. The highest BCUT2D eigenvalue weighted by Gasteiger charge is 2.21. The van der Waals surface area contributed by atoms with E-state index in [1.165, 1.54) is 13.2 Å². The molecule has 0 atom stereocenters. The maximum absolute atomic E-state index is 12.5. The molecule has 0 bridgehead atoms. The summed E-state index contributed by atoms with van der Waals surface area (Å²) in [5.74, 6) is -0.654. The monoisotopic (exact) mass is 258 g/mol. The number of phenols is 2. The number of carbonyl (C=O) groups excluding carboxylic acids is 1. The molecule has 19 heavy (non-hydrogen) atoms. The van der Waals surface area contributed by atoms with Crippen molar-refractivity contribution in [1.82, 2.24) is 0 Å². The molecular weight excluding hydrogens is 244 g/mol. The Balaban J connectivity index is 2.59. The van der Waals surface area contributed by atoms with E-state index in [1.807, 2.05) is 19.1 Å². The number of methoxy groups -OCH3 is 1. The van der Waals surface area contributed by atoms with Crippen LogP contribution >= 0.6 is 0 Å². The first-order valence-corrected chi connectivity index (χ1v) is 5.75. The van der Waals surface area contributed by atoms with Gasteiger partial charge in [-0.1, -0.05) is 24.3 Å². The van der Waals surface area contributed by atoms with Crippen molar-refractivity contribution in [2.75, 3.05) is 7.11 Å². The van der Waals surface area contributed by atoms with E-state index < -0.39 is 0 Å². The van der Waals surface area contributed by atoms with Crippen molar-refractivity contribution in [3.05, 3.63) is 53.1 Å². The highest BCUT2D eigenvalue weighted by Crippen LogP contribution is 2.34. The predicted octanol–water partition coefficient (Wildman–Crippen LogP) is 2.65. The zero-order valence-corrected chi connectivity index (χ0v) is 10.7. The van der Waals surface area contributed by atoms with Crippen LogP contribution in [0.3, 0.4) is 0 Å². The standard InChI is InChI=1S/C15H14O4/c1-9-5-3-4-6-11(9)15(18)14-12(17)7-10(16)8-13(14)19-2/h3-8,16-17H,1-2H3. The van der Waals surface area contributed by atoms with Crippen LogP contribution in [0.1, 0.15) is 21.5 Å². The second kappa shape index (κ2) is 5.02. The molecule has 4 heteroatoms. The van der Waals surface area contributed by atoms with E-state index in [4.69, 9.17) is 4.74 Å². The molecule has 0 heterocycles. The van der Waals surface area contributed by atoms with Gasteiger partial charge in [-0.3, -0.25) is 4.79 Å². The predicted molar refractivity (Wildman–Crippen MR) is 70.9 cm³/mol. The van der Waals surface area contributed by atoms with Gasteiger partial charge in [0.25, 0.3) is 0 Å². The van der Waals surface area contributed by atoms with Crippen LogP contribution in [-0.4, -0.2) is 23.1 Å². The minimum absolute atomic E-state index is 0.0506. The van der Waals surface area contributed by atoms with Gasteiger partial charge in [-0.2, -0.15) is 0 Å². The fourth-order valence-corrected chi connectivity index (χ4v) is 1.94. The van der Waals surface area contributed by atoms with Crippen molar-refractivity contribution in [3.8, 4) is 17.2 Å². The number of rotatable bonds is 3. The molecule has 2 N–H and O–H groups in total. The summed E-state index contributed by atoms with van der Waals surface area (Å²) in [7, 11) is 1.38. The van der Waals surface area contributed by atoms with Crippen LogP contribution in [0.15, 0.2) is 36.4 Å². The number of hydrogen-bond donors (Lipinski definition) is 2. The molecule has 0 spiro atoms. The quantitative estimate of drug-likeness (QED) is 0.830. The Morgan fingerprint density at radius 2 is 1.84 bits per heavy atom. The van der Waals surface area contributed by atoms with Crippen molar-refractivity contribution in [3.63, 3.8) is 0 Å². The molecule has 0 aromatic heterocycles. The first-order valence-electron chi connectivity index (χ1n) is 5.75. The van der Waals surface area contributed by atoms with Crippen molar-refractivity contribution in [2.45, 2.75) is 6.92 Å². The van der Waals surface area contributed by atoms with Gasteiger partial charge in [0.05, 0.1) is 7.11 Å². The fraction of sp³-hybridized carbons (Fsp3) is 0.133. The number of hydrogen-bond acceptors (Lipinski definition) is 4. The Morgan fingerprint density at radius 1 is 1.16 bits per heavy atom. The molecule has 0 aliphatic rings. The Kier molecular flexibility index (Phi) is 3.42. The first kappa shape index (κ1) is 13.0. The molecule has 98 valence electrons. The smallest absolute Gasteiger partial charge is 0.200 e. The average Bonchev–Trinajstić information content (AvgIpc) is 2.37. The molecule has 2 aromatic carbocycles. The van der Waals surface area contributed by atoms with Gasteiger partial charge < -0.3 is 14.9 Å². The molecule has 0 fully saturated rings. The van der Waals surface area contributed by atoms with Gasteiger partial charge in [0, 0.05) is 17.7 Å². The van der Waals surface area contributed by atoms with E-state index in [-0.39, 0.29) is 28.6 Å². The minimum atomic E-state index is -0.340. The number of aryl methyl sites for hydroxylation is 1. The van der Waals surface area contributed by atoms with E-state index in [0.29, 0.717) is 5.56 Å². The Labute approximate surface area is 110 Å². The second-order valence-electron chi connectivity index (χ2n) is 4.19. The largest absolute Gasteiger partial charge is 0.508 e. The molecule has 0 saturated carbocycles. The summed E-state index contributed by atoms with van der Waals surface area (Å²) in [5, 5.41) is 19.3. The number of carbonyl (C=O) groups is 1. The van der Waals surface area contributed by atoms with Gasteiger partial charge >= 0.3 is 0 Å². The van der Waals surface area contributed by atoms with Gasteiger partial charge in [-0.15, -0.1) is 0 Å². The van der Waals surface area contributed by atoms with Crippen molar-refractivity contribution in [1.29, 1.82) is 0 Å². The van der Waals surface area contributed by atoms with E-state index >= 15 is 0 Å². The Hall–Kier alpha value is -2.49. The SMILES string of the molecule is COc1cc(O)cc(O)c1C(=O)c1ccccc1C. The van der Waals surface area contributed by atoms with Gasteiger partial charge in [0.2, 0.25) is 5.78 Å². The number of phenolic OH excluding ortho intramolecular Hbond substituents is 2. The molecule has 0 aliphatic carbocycles. The van der Waals surface area contributed by atoms with E-state index in [9.17, 15) is 15.0 Å². The molecule has 0 aliphatic heterocycles. The third-order valence-corrected chi connectivity index (χ3v) is 2.90. The molecule has 2 rings (SSSR count). The fourth-order valence-electron chi connectivity index (χ4n) is 1.94. The molecule has 0 unspecified atom stereocenters. The maximum Gasteiger partial charge on any atom is 0.200 e. The molecule has 0 amide bonds.